The lowest BCUT2D eigenvalue weighted by Gasteiger charge is -2.12. The first-order valence-electron chi connectivity index (χ1n) is 6.50. The van der Waals surface area contributed by atoms with Crippen LogP contribution in [0.5, 0.6) is 0 Å². The molecule has 2 aromatic carbocycles. The molecule has 1 heterocycles. The van der Waals surface area contributed by atoms with E-state index in [1.807, 2.05) is 30.5 Å². The molecule has 0 radical (unpaired) electrons. The van der Waals surface area contributed by atoms with Crippen LogP contribution in [0.1, 0.15) is 15.9 Å². The molecule has 3 N–H and O–H groups in total. The Hall–Kier alpha value is -2.27. The number of hydrogen-bond acceptors (Lipinski definition) is 3. The van der Waals surface area contributed by atoms with E-state index in [1.165, 1.54) is 0 Å². The maximum absolute atomic E-state index is 11.6. The monoisotopic (exact) mass is 298 g/mol. The molecule has 3 rings (SSSR count). The van der Waals surface area contributed by atoms with E-state index in [9.17, 15) is 9.59 Å². The number of primary amides is 1. The van der Waals surface area contributed by atoms with E-state index in [4.69, 9.17) is 5.73 Å². The van der Waals surface area contributed by atoms with Crippen molar-refractivity contribution in [3.8, 4) is 11.1 Å². The van der Waals surface area contributed by atoms with Gasteiger partial charge in [-0.2, -0.15) is 0 Å². The second kappa shape index (κ2) is 5.26. The fourth-order valence-corrected chi connectivity index (χ4v) is 3.17. The molecule has 1 aliphatic heterocycles. The fraction of sp³-hybridized carbons (Fsp3) is 0.125. The molecule has 2 aromatic rings. The molecule has 2 amide bonds. The van der Waals surface area contributed by atoms with Gasteiger partial charge in [-0.3, -0.25) is 9.59 Å². The Morgan fingerprint density at radius 1 is 1.24 bits per heavy atom. The van der Waals surface area contributed by atoms with Crippen LogP contribution in [-0.2, 0) is 11.2 Å². The van der Waals surface area contributed by atoms with Gasteiger partial charge < -0.3 is 11.1 Å². The van der Waals surface area contributed by atoms with Crippen LogP contribution in [0, 0.1) is 0 Å². The molecule has 4 nitrogen and oxygen atoms in total. The van der Waals surface area contributed by atoms with Gasteiger partial charge in [0.15, 0.2) is 0 Å². The first-order chi connectivity index (χ1) is 10.1. The number of nitrogens with two attached hydrogens (primary N) is 1. The van der Waals surface area contributed by atoms with E-state index < -0.39 is 5.91 Å². The molecular formula is C16H14N2O2S. The van der Waals surface area contributed by atoms with Gasteiger partial charge in [0.1, 0.15) is 0 Å². The molecule has 1 aliphatic rings. The molecule has 0 atom stereocenters. The van der Waals surface area contributed by atoms with Crippen LogP contribution < -0.4 is 11.1 Å². The van der Waals surface area contributed by atoms with Crippen LogP contribution >= 0.6 is 11.8 Å². The third-order valence-corrected chi connectivity index (χ3v) is 4.36. The van der Waals surface area contributed by atoms with Crippen LogP contribution in [0.3, 0.4) is 0 Å². The average molecular weight is 298 g/mol. The van der Waals surface area contributed by atoms with E-state index in [0.29, 0.717) is 12.0 Å². The summed E-state index contributed by atoms with van der Waals surface area (Å²) in [5.74, 6) is -0.458. The largest absolute Gasteiger partial charge is 0.366 e. The van der Waals surface area contributed by atoms with Crippen molar-refractivity contribution >= 4 is 29.3 Å². The maximum Gasteiger partial charge on any atom is 0.248 e. The number of rotatable bonds is 3. The summed E-state index contributed by atoms with van der Waals surface area (Å²) in [5.41, 5.74) is 9.57. The zero-order valence-electron chi connectivity index (χ0n) is 11.5. The van der Waals surface area contributed by atoms with Gasteiger partial charge in [0, 0.05) is 16.1 Å². The van der Waals surface area contributed by atoms with Crippen LogP contribution in [0.4, 0.5) is 5.69 Å². The van der Waals surface area contributed by atoms with Crippen LogP contribution in [0.25, 0.3) is 11.1 Å². The van der Waals surface area contributed by atoms with Crippen molar-refractivity contribution in [2.45, 2.75) is 11.3 Å². The molecular weight excluding hydrogens is 284 g/mol. The van der Waals surface area contributed by atoms with E-state index in [2.05, 4.69) is 5.32 Å². The fourth-order valence-electron chi connectivity index (χ4n) is 2.57. The molecule has 0 fully saturated rings. The van der Waals surface area contributed by atoms with Crippen LogP contribution in [-0.4, -0.2) is 18.1 Å². The van der Waals surface area contributed by atoms with E-state index in [0.717, 1.165) is 27.3 Å². The third kappa shape index (κ3) is 2.40. The maximum atomic E-state index is 11.6. The second-order valence-corrected chi connectivity index (χ2v) is 5.68. The summed E-state index contributed by atoms with van der Waals surface area (Å²) in [5, 5.41) is 2.85. The van der Waals surface area contributed by atoms with Gasteiger partial charge in [-0.25, -0.2) is 0 Å². The first-order valence-corrected chi connectivity index (χ1v) is 7.72. The molecule has 0 saturated heterocycles. The van der Waals surface area contributed by atoms with Crippen molar-refractivity contribution in [2.24, 2.45) is 5.73 Å². The summed E-state index contributed by atoms with van der Waals surface area (Å²) < 4.78 is 0. The van der Waals surface area contributed by atoms with Crippen molar-refractivity contribution in [3.63, 3.8) is 0 Å². The summed E-state index contributed by atoms with van der Waals surface area (Å²) in [7, 11) is 0. The lowest BCUT2D eigenvalue weighted by molar-refractivity contribution is -0.115. The summed E-state index contributed by atoms with van der Waals surface area (Å²) >= 11 is 1.60. The van der Waals surface area contributed by atoms with Gasteiger partial charge in [-0.05, 0) is 47.2 Å². The SMILES string of the molecule is CSc1ccc(C(N)=O)cc1-c1cccc2c1CC(=O)N2. The molecule has 0 bridgehead atoms. The van der Waals surface area contributed by atoms with E-state index in [1.54, 1.807) is 23.9 Å². The number of nitrogens with one attached hydrogen (secondary N) is 1. The Balaban J connectivity index is 2.21. The highest BCUT2D eigenvalue weighted by molar-refractivity contribution is 7.98. The highest BCUT2D eigenvalue weighted by Crippen LogP contribution is 2.38. The summed E-state index contributed by atoms with van der Waals surface area (Å²) in [4.78, 5) is 24.1. The molecule has 5 heteroatoms. The Bertz CT molecular complexity index is 756. The Labute approximate surface area is 126 Å². The minimum atomic E-state index is -0.453. The molecule has 106 valence electrons. The number of hydrogen-bond donors (Lipinski definition) is 2. The van der Waals surface area contributed by atoms with Gasteiger partial charge in [0.05, 0.1) is 6.42 Å². The molecule has 21 heavy (non-hydrogen) atoms. The smallest absolute Gasteiger partial charge is 0.248 e. The molecule has 0 aromatic heterocycles. The number of benzene rings is 2. The number of fused-ring (bicyclic) bond motifs is 1. The highest BCUT2D eigenvalue weighted by atomic mass is 32.2. The first kappa shape index (κ1) is 13.7. The summed E-state index contributed by atoms with van der Waals surface area (Å²) in [6, 6.07) is 11.2. The van der Waals surface area contributed by atoms with E-state index >= 15 is 0 Å². The molecule has 0 unspecified atom stereocenters. The van der Waals surface area contributed by atoms with Crippen molar-refractivity contribution < 1.29 is 9.59 Å². The van der Waals surface area contributed by atoms with Gasteiger partial charge in [-0.1, -0.05) is 12.1 Å². The lowest BCUT2D eigenvalue weighted by atomic mass is 9.96. The number of amides is 2. The molecule has 0 spiro atoms. The summed E-state index contributed by atoms with van der Waals surface area (Å²) in [6.45, 7) is 0. The Morgan fingerprint density at radius 3 is 2.76 bits per heavy atom. The van der Waals surface area contributed by atoms with Crippen molar-refractivity contribution in [1.29, 1.82) is 0 Å². The minimum Gasteiger partial charge on any atom is -0.366 e. The number of thioether (sulfide) groups is 1. The van der Waals surface area contributed by atoms with Crippen molar-refractivity contribution in [2.75, 3.05) is 11.6 Å². The number of anilines is 1. The minimum absolute atomic E-state index is 0.00536. The van der Waals surface area contributed by atoms with Gasteiger partial charge >= 0.3 is 0 Å². The predicted molar refractivity (Wildman–Crippen MR) is 84.5 cm³/mol. The second-order valence-electron chi connectivity index (χ2n) is 4.84. The number of carbonyl (C=O) groups excluding carboxylic acids is 2. The van der Waals surface area contributed by atoms with Crippen molar-refractivity contribution in [1.82, 2.24) is 0 Å². The Morgan fingerprint density at radius 2 is 2.05 bits per heavy atom. The zero-order chi connectivity index (χ0) is 15.0. The number of carbonyl (C=O) groups is 2. The molecule has 0 saturated carbocycles. The van der Waals surface area contributed by atoms with Crippen LogP contribution in [0.15, 0.2) is 41.3 Å². The lowest BCUT2D eigenvalue weighted by Crippen LogP contribution is -2.11. The standard InChI is InChI=1S/C16H14N2O2S/c1-21-14-6-5-9(16(17)20)7-12(14)10-3-2-4-13-11(10)8-15(19)18-13/h2-7H,8H2,1H3,(H2,17,20)(H,18,19). The van der Waals surface area contributed by atoms with Gasteiger partial charge in [0.25, 0.3) is 0 Å². The predicted octanol–water partition coefficient (Wildman–Crippen LogP) is 2.67. The van der Waals surface area contributed by atoms with Crippen molar-refractivity contribution in [3.05, 3.63) is 47.5 Å². The zero-order valence-corrected chi connectivity index (χ0v) is 12.3. The quantitative estimate of drug-likeness (QED) is 0.856. The average Bonchev–Trinajstić information content (AvgIpc) is 2.86. The third-order valence-electron chi connectivity index (χ3n) is 3.56. The van der Waals surface area contributed by atoms with Gasteiger partial charge in [0.2, 0.25) is 11.8 Å². The Kier molecular flexibility index (Phi) is 3.43. The normalized spacial score (nSPS) is 12.9. The van der Waals surface area contributed by atoms with Crippen LogP contribution in [0.2, 0.25) is 0 Å². The molecule has 0 aliphatic carbocycles. The summed E-state index contributed by atoms with van der Waals surface area (Å²) in [6.07, 6.45) is 2.34. The highest BCUT2D eigenvalue weighted by Gasteiger charge is 2.22. The van der Waals surface area contributed by atoms with E-state index in [-0.39, 0.29) is 5.91 Å². The van der Waals surface area contributed by atoms with Gasteiger partial charge in [-0.15, -0.1) is 11.8 Å². The topological polar surface area (TPSA) is 72.2 Å².